The van der Waals surface area contributed by atoms with Crippen LogP contribution in [0.5, 0.6) is 0 Å². The van der Waals surface area contributed by atoms with Crippen LogP contribution in [0.1, 0.15) is 71.1 Å². The lowest BCUT2D eigenvalue weighted by Crippen LogP contribution is -2.20. The number of hydrogen-bond donors (Lipinski definition) is 2. The molecule has 3 nitrogen and oxygen atoms in total. The number of carboxylic acids is 1. The van der Waals surface area contributed by atoms with E-state index in [2.05, 4.69) is 6.92 Å². The predicted molar refractivity (Wildman–Crippen MR) is 79.0 cm³/mol. The van der Waals surface area contributed by atoms with Crippen molar-refractivity contribution in [2.45, 2.75) is 71.1 Å². The van der Waals surface area contributed by atoms with Crippen LogP contribution < -0.4 is 5.73 Å². The molecule has 112 valence electrons. The molecule has 0 bridgehead atoms. The minimum Gasteiger partial charge on any atom is -0.481 e. The first-order valence-corrected chi connectivity index (χ1v) is 8.03. The first-order valence-electron chi connectivity index (χ1n) is 8.03. The Morgan fingerprint density at radius 2 is 2.00 bits per heavy atom. The van der Waals surface area contributed by atoms with Gasteiger partial charge in [0.05, 0.1) is 0 Å². The Labute approximate surface area is 118 Å². The summed E-state index contributed by atoms with van der Waals surface area (Å²) in [4.78, 5) is 10.7. The van der Waals surface area contributed by atoms with Crippen molar-refractivity contribution < 1.29 is 9.90 Å². The fraction of sp³-hybridized carbons (Fsp3) is 0.938. The van der Waals surface area contributed by atoms with Crippen molar-refractivity contribution in [3.63, 3.8) is 0 Å². The third kappa shape index (κ3) is 7.56. The van der Waals surface area contributed by atoms with E-state index in [0.29, 0.717) is 12.5 Å². The van der Waals surface area contributed by atoms with Gasteiger partial charge in [0, 0.05) is 6.42 Å². The van der Waals surface area contributed by atoms with Gasteiger partial charge in [0.25, 0.3) is 0 Å². The Balaban J connectivity index is 2.11. The standard InChI is InChI=1S/C16H31NO2/c1-13(10-15(12-17)11-16(18)19)6-5-9-14-7-3-2-4-8-14/h13-15H,2-12,17H2,1H3,(H,18,19). The van der Waals surface area contributed by atoms with Gasteiger partial charge in [0.1, 0.15) is 0 Å². The van der Waals surface area contributed by atoms with E-state index in [4.69, 9.17) is 10.8 Å². The highest BCUT2D eigenvalue weighted by Gasteiger charge is 2.17. The Hall–Kier alpha value is -0.570. The third-order valence-corrected chi connectivity index (χ3v) is 4.57. The molecule has 3 N–H and O–H groups in total. The molecule has 1 aliphatic carbocycles. The summed E-state index contributed by atoms with van der Waals surface area (Å²) in [5.74, 6) is 1.01. The van der Waals surface area contributed by atoms with E-state index in [9.17, 15) is 4.79 Å². The molecule has 0 aromatic heterocycles. The molecule has 1 fully saturated rings. The van der Waals surface area contributed by atoms with Crippen LogP contribution in [-0.4, -0.2) is 17.6 Å². The second-order valence-corrected chi connectivity index (χ2v) is 6.48. The van der Waals surface area contributed by atoms with E-state index < -0.39 is 5.97 Å². The summed E-state index contributed by atoms with van der Waals surface area (Å²) in [5.41, 5.74) is 5.65. The van der Waals surface area contributed by atoms with E-state index in [1.165, 1.54) is 51.4 Å². The lowest BCUT2D eigenvalue weighted by Gasteiger charge is -2.23. The SMILES string of the molecule is CC(CCCC1CCCCC1)CC(CN)CC(=O)O. The van der Waals surface area contributed by atoms with Crippen molar-refractivity contribution in [1.82, 2.24) is 0 Å². The zero-order valence-electron chi connectivity index (χ0n) is 12.4. The molecule has 2 atom stereocenters. The molecule has 0 heterocycles. The average Bonchev–Trinajstić information content (AvgIpc) is 2.38. The molecule has 1 rings (SSSR count). The fourth-order valence-electron chi connectivity index (χ4n) is 3.43. The van der Waals surface area contributed by atoms with Gasteiger partial charge in [-0.2, -0.15) is 0 Å². The second-order valence-electron chi connectivity index (χ2n) is 6.48. The lowest BCUT2D eigenvalue weighted by molar-refractivity contribution is -0.138. The maximum Gasteiger partial charge on any atom is 0.303 e. The van der Waals surface area contributed by atoms with Crippen LogP contribution in [0.25, 0.3) is 0 Å². The molecular formula is C16H31NO2. The molecule has 0 spiro atoms. The molecular weight excluding hydrogens is 238 g/mol. The minimum atomic E-state index is -0.718. The molecule has 19 heavy (non-hydrogen) atoms. The van der Waals surface area contributed by atoms with Crippen LogP contribution in [0.3, 0.4) is 0 Å². The highest BCUT2D eigenvalue weighted by Crippen LogP contribution is 2.29. The Morgan fingerprint density at radius 3 is 2.58 bits per heavy atom. The summed E-state index contributed by atoms with van der Waals surface area (Å²) in [5, 5.41) is 8.82. The number of carbonyl (C=O) groups is 1. The summed E-state index contributed by atoms with van der Waals surface area (Å²) in [6, 6.07) is 0. The summed E-state index contributed by atoms with van der Waals surface area (Å²) < 4.78 is 0. The lowest BCUT2D eigenvalue weighted by atomic mass is 9.84. The van der Waals surface area contributed by atoms with Crippen LogP contribution in [0.2, 0.25) is 0 Å². The predicted octanol–water partition coefficient (Wildman–Crippen LogP) is 3.81. The largest absolute Gasteiger partial charge is 0.481 e. The van der Waals surface area contributed by atoms with Crippen LogP contribution >= 0.6 is 0 Å². The van der Waals surface area contributed by atoms with E-state index >= 15 is 0 Å². The zero-order valence-corrected chi connectivity index (χ0v) is 12.4. The van der Waals surface area contributed by atoms with Crippen molar-refractivity contribution in [3.05, 3.63) is 0 Å². The van der Waals surface area contributed by atoms with Crippen molar-refractivity contribution >= 4 is 5.97 Å². The smallest absolute Gasteiger partial charge is 0.303 e. The Bertz CT molecular complexity index is 249. The molecule has 1 saturated carbocycles. The van der Waals surface area contributed by atoms with Gasteiger partial charge in [-0.1, -0.05) is 58.3 Å². The van der Waals surface area contributed by atoms with E-state index in [1.54, 1.807) is 0 Å². The molecule has 2 unspecified atom stereocenters. The van der Waals surface area contributed by atoms with Crippen LogP contribution in [-0.2, 0) is 4.79 Å². The number of rotatable bonds is 9. The highest BCUT2D eigenvalue weighted by atomic mass is 16.4. The number of aliphatic carboxylic acids is 1. The maximum atomic E-state index is 10.7. The van der Waals surface area contributed by atoms with Gasteiger partial charge in [0.2, 0.25) is 0 Å². The van der Waals surface area contributed by atoms with E-state index in [0.717, 1.165) is 12.3 Å². The van der Waals surface area contributed by atoms with Gasteiger partial charge in [-0.05, 0) is 30.7 Å². The molecule has 0 aliphatic heterocycles. The normalized spacial score (nSPS) is 20.1. The summed E-state index contributed by atoms with van der Waals surface area (Å²) in [7, 11) is 0. The average molecular weight is 269 g/mol. The van der Waals surface area contributed by atoms with E-state index in [1.807, 2.05) is 0 Å². The first-order chi connectivity index (χ1) is 9.11. The topological polar surface area (TPSA) is 63.3 Å². The molecule has 0 saturated heterocycles. The van der Waals surface area contributed by atoms with Gasteiger partial charge in [-0.25, -0.2) is 0 Å². The van der Waals surface area contributed by atoms with Crippen LogP contribution in [0, 0.1) is 17.8 Å². The second kappa shape index (κ2) is 9.35. The number of nitrogens with two attached hydrogens (primary N) is 1. The van der Waals surface area contributed by atoms with Gasteiger partial charge < -0.3 is 10.8 Å². The number of carboxylic acid groups (broad SMARTS) is 1. The quantitative estimate of drug-likeness (QED) is 0.669. The van der Waals surface area contributed by atoms with Gasteiger partial charge >= 0.3 is 5.97 Å². The molecule has 0 amide bonds. The van der Waals surface area contributed by atoms with Crippen LogP contribution in [0.4, 0.5) is 0 Å². The first kappa shape index (κ1) is 16.5. The van der Waals surface area contributed by atoms with Crippen LogP contribution in [0.15, 0.2) is 0 Å². The summed E-state index contributed by atoms with van der Waals surface area (Å²) in [6.07, 6.45) is 12.2. The molecule has 0 aromatic carbocycles. The van der Waals surface area contributed by atoms with Crippen molar-refractivity contribution in [2.24, 2.45) is 23.5 Å². The molecule has 3 heteroatoms. The summed E-state index contributed by atoms with van der Waals surface area (Å²) >= 11 is 0. The zero-order chi connectivity index (χ0) is 14.1. The van der Waals surface area contributed by atoms with E-state index in [-0.39, 0.29) is 12.3 Å². The van der Waals surface area contributed by atoms with Gasteiger partial charge in [-0.3, -0.25) is 4.79 Å². The maximum absolute atomic E-state index is 10.7. The number of hydrogen-bond acceptors (Lipinski definition) is 2. The fourth-order valence-corrected chi connectivity index (χ4v) is 3.43. The van der Waals surface area contributed by atoms with Crippen molar-refractivity contribution in [1.29, 1.82) is 0 Å². The highest BCUT2D eigenvalue weighted by molar-refractivity contribution is 5.67. The Kier molecular flexibility index (Phi) is 8.11. The minimum absolute atomic E-state index is 0.155. The van der Waals surface area contributed by atoms with Gasteiger partial charge in [-0.15, -0.1) is 0 Å². The third-order valence-electron chi connectivity index (χ3n) is 4.57. The molecule has 0 aromatic rings. The van der Waals surface area contributed by atoms with Crippen molar-refractivity contribution in [2.75, 3.05) is 6.54 Å². The van der Waals surface area contributed by atoms with Gasteiger partial charge in [0.15, 0.2) is 0 Å². The monoisotopic (exact) mass is 269 g/mol. The van der Waals surface area contributed by atoms with Crippen molar-refractivity contribution in [3.8, 4) is 0 Å². The summed E-state index contributed by atoms with van der Waals surface area (Å²) in [6.45, 7) is 2.74. The molecule has 1 aliphatic rings. The molecule has 0 radical (unpaired) electrons. The Morgan fingerprint density at radius 1 is 1.32 bits per heavy atom.